The average molecular weight is 360 g/mol. The van der Waals surface area contributed by atoms with Crippen molar-refractivity contribution in [1.82, 2.24) is 9.80 Å². The molecule has 26 heavy (non-hydrogen) atoms. The molecule has 5 nitrogen and oxygen atoms in total. The molecule has 144 valence electrons. The third kappa shape index (κ3) is 4.70. The molecule has 0 saturated carbocycles. The molecule has 2 aliphatic heterocycles. The number of hydrogen-bond acceptors (Lipinski definition) is 4. The van der Waals surface area contributed by atoms with Crippen LogP contribution in [0.2, 0.25) is 0 Å². The molecule has 0 radical (unpaired) electrons. The van der Waals surface area contributed by atoms with Crippen molar-refractivity contribution in [3.05, 3.63) is 24.3 Å². The Bertz CT molecular complexity index is 579. The molecule has 1 N–H and O–H groups in total. The standard InChI is InChI=1S/C21H33N3O2/c1-16(2)23-13-10-17(11-14-23)21(25)24-12-4-5-19(15-24)22-18-6-8-20(26-3)9-7-18/h6-9,16-17,19,22H,4-5,10-15H2,1-3H3/t19-/m0/s1. The molecule has 1 amide bonds. The van der Waals surface area contributed by atoms with Gasteiger partial charge in [0.2, 0.25) is 5.91 Å². The number of carbonyl (C=O) groups excluding carboxylic acids is 1. The number of rotatable bonds is 5. The highest BCUT2D eigenvalue weighted by molar-refractivity contribution is 5.79. The fourth-order valence-electron chi connectivity index (χ4n) is 4.14. The molecule has 2 saturated heterocycles. The van der Waals surface area contributed by atoms with Crippen LogP contribution in [-0.2, 0) is 4.79 Å². The Balaban J connectivity index is 1.52. The first-order chi connectivity index (χ1) is 12.6. The smallest absolute Gasteiger partial charge is 0.225 e. The van der Waals surface area contributed by atoms with Gasteiger partial charge in [-0.25, -0.2) is 0 Å². The van der Waals surface area contributed by atoms with Crippen LogP contribution in [0.15, 0.2) is 24.3 Å². The highest BCUT2D eigenvalue weighted by atomic mass is 16.5. The minimum absolute atomic E-state index is 0.213. The van der Waals surface area contributed by atoms with Gasteiger partial charge in [0.15, 0.2) is 0 Å². The van der Waals surface area contributed by atoms with E-state index in [1.807, 2.05) is 24.3 Å². The number of hydrogen-bond donors (Lipinski definition) is 1. The molecule has 1 atom stereocenters. The third-order valence-corrected chi connectivity index (χ3v) is 5.80. The summed E-state index contributed by atoms with van der Waals surface area (Å²) in [4.78, 5) is 17.6. The number of piperidine rings is 2. The Morgan fingerprint density at radius 3 is 2.42 bits per heavy atom. The van der Waals surface area contributed by atoms with Crippen molar-refractivity contribution in [3.8, 4) is 5.75 Å². The van der Waals surface area contributed by atoms with Crippen molar-refractivity contribution in [2.45, 2.75) is 51.6 Å². The molecule has 1 aromatic carbocycles. The minimum Gasteiger partial charge on any atom is -0.497 e. The van der Waals surface area contributed by atoms with E-state index in [2.05, 4.69) is 29.0 Å². The predicted molar refractivity (Wildman–Crippen MR) is 106 cm³/mol. The molecule has 0 spiro atoms. The van der Waals surface area contributed by atoms with Gasteiger partial charge in [-0.2, -0.15) is 0 Å². The van der Waals surface area contributed by atoms with Gasteiger partial charge in [0.05, 0.1) is 7.11 Å². The summed E-state index contributed by atoms with van der Waals surface area (Å²) in [6, 6.07) is 8.94. The quantitative estimate of drug-likeness (QED) is 0.877. The fourth-order valence-corrected chi connectivity index (χ4v) is 4.14. The number of likely N-dealkylation sites (tertiary alicyclic amines) is 2. The number of anilines is 1. The van der Waals surface area contributed by atoms with E-state index in [0.717, 1.165) is 63.3 Å². The van der Waals surface area contributed by atoms with E-state index in [1.54, 1.807) is 7.11 Å². The summed E-state index contributed by atoms with van der Waals surface area (Å²) in [7, 11) is 1.68. The maximum absolute atomic E-state index is 13.0. The van der Waals surface area contributed by atoms with Crippen molar-refractivity contribution in [2.75, 3.05) is 38.6 Å². The second-order valence-corrected chi connectivity index (χ2v) is 7.90. The van der Waals surface area contributed by atoms with Crippen LogP contribution in [0, 0.1) is 5.92 Å². The molecule has 2 fully saturated rings. The van der Waals surface area contributed by atoms with Crippen LogP contribution in [0.3, 0.4) is 0 Å². The SMILES string of the molecule is COc1ccc(N[C@H]2CCCN(C(=O)C3CCN(C(C)C)CC3)C2)cc1. The first-order valence-electron chi connectivity index (χ1n) is 10.00. The van der Waals surface area contributed by atoms with Gasteiger partial charge in [0.1, 0.15) is 5.75 Å². The molecule has 2 heterocycles. The van der Waals surface area contributed by atoms with Gasteiger partial charge in [0, 0.05) is 36.8 Å². The number of nitrogens with one attached hydrogen (secondary N) is 1. The summed E-state index contributed by atoms with van der Waals surface area (Å²) >= 11 is 0. The van der Waals surface area contributed by atoms with E-state index in [4.69, 9.17) is 4.74 Å². The largest absolute Gasteiger partial charge is 0.497 e. The Morgan fingerprint density at radius 2 is 1.81 bits per heavy atom. The summed E-state index contributed by atoms with van der Waals surface area (Å²) in [6.07, 6.45) is 4.19. The Hall–Kier alpha value is -1.75. The van der Waals surface area contributed by atoms with E-state index in [9.17, 15) is 4.79 Å². The van der Waals surface area contributed by atoms with Crippen LogP contribution in [0.5, 0.6) is 5.75 Å². The van der Waals surface area contributed by atoms with Crippen molar-refractivity contribution in [2.24, 2.45) is 5.92 Å². The van der Waals surface area contributed by atoms with Crippen LogP contribution in [0.25, 0.3) is 0 Å². The molecule has 2 aliphatic rings. The maximum atomic E-state index is 13.0. The number of benzene rings is 1. The fraction of sp³-hybridized carbons (Fsp3) is 0.667. The molecular weight excluding hydrogens is 326 g/mol. The van der Waals surface area contributed by atoms with Crippen LogP contribution < -0.4 is 10.1 Å². The minimum atomic E-state index is 0.213. The summed E-state index contributed by atoms with van der Waals surface area (Å²) < 4.78 is 5.21. The van der Waals surface area contributed by atoms with Crippen molar-refractivity contribution in [1.29, 1.82) is 0 Å². The molecule has 0 bridgehead atoms. The molecule has 3 rings (SSSR count). The first-order valence-corrected chi connectivity index (χ1v) is 10.00. The topological polar surface area (TPSA) is 44.8 Å². The normalized spacial score (nSPS) is 22.5. The Morgan fingerprint density at radius 1 is 1.12 bits per heavy atom. The second kappa shape index (κ2) is 8.76. The summed E-state index contributed by atoms with van der Waals surface area (Å²) in [5, 5.41) is 3.58. The lowest BCUT2D eigenvalue weighted by Gasteiger charge is -2.39. The number of ether oxygens (including phenoxy) is 1. The highest BCUT2D eigenvalue weighted by Gasteiger charge is 2.31. The monoisotopic (exact) mass is 359 g/mol. The van der Waals surface area contributed by atoms with E-state index in [0.29, 0.717) is 18.0 Å². The second-order valence-electron chi connectivity index (χ2n) is 7.90. The number of nitrogens with zero attached hydrogens (tertiary/aromatic N) is 2. The average Bonchev–Trinajstić information content (AvgIpc) is 2.68. The lowest BCUT2D eigenvalue weighted by atomic mass is 9.93. The van der Waals surface area contributed by atoms with Gasteiger partial charge >= 0.3 is 0 Å². The van der Waals surface area contributed by atoms with Crippen molar-refractivity contribution >= 4 is 11.6 Å². The van der Waals surface area contributed by atoms with Gasteiger partial charge in [-0.15, -0.1) is 0 Å². The first kappa shape index (κ1) is 19.0. The maximum Gasteiger partial charge on any atom is 0.225 e. The zero-order valence-electron chi connectivity index (χ0n) is 16.4. The summed E-state index contributed by atoms with van der Waals surface area (Å²) in [6.45, 7) is 8.30. The van der Waals surface area contributed by atoms with Crippen molar-refractivity contribution in [3.63, 3.8) is 0 Å². The van der Waals surface area contributed by atoms with Crippen LogP contribution in [0.4, 0.5) is 5.69 Å². The number of carbonyl (C=O) groups is 1. The van der Waals surface area contributed by atoms with Gasteiger partial charge in [-0.1, -0.05) is 0 Å². The molecule has 0 aromatic heterocycles. The van der Waals surface area contributed by atoms with Gasteiger partial charge < -0.3 is 19.9 Å². The van der Waals surface area contributed by atoms with E-state index in [1.165, 1.54) is 0 Å². The molecule has 1 aromatic rings. The van der Waals surface area contributed by atoms with Gasteiger partial charge in [0.25, 0.3) is 0 Å². The summed E-state index contributed by atoms with van der Waals surface area (Å²) in [5.41, 5.74) is 1.09. The lowest BCUT2D eigenvalue weighted by Crippen LogP contribution is -2.49. The summed E-state index contributed by atoms with van der Waals surface area (Å²) in [5.74, 6) is 1.45. The number of methoxy groups -OCH3 is 1. The van der Waals surface area contributed by atoms with E-state index >= 15 is 0 Å². The third-order valence-electron chi connectivity index (χ3n) is 5.80. The van der Waals surface area contributed by atoms with Gasteiger partial charge in [-0.05, 0) is 76.9 Å². The van der Waals surface area contributed by atoms with Crippen LogP contribution >= 0.6 is 0 Å². The van der Waals surface area contributed by atoms with E-state index < -0.39 is 0 Å². The lowest BCUT2D eigenvalue weighted by molar-refractivity contribution is -0.138. The number of amides is 1. The zero-order chi connectivity index (χ0) is 18.5. The van der Waals surface area contributed by atoms with Crippen LogP contribution in [0.1, 0.15) is 39.5 Å². The molecule has 0 aliphatic carbocycles. The predicted octanol–water partition coefficient (Wildman–Crippen LogP) is 3.22. The Kier molecular flexibility index (Phi) is 6.41. The van der Waals surface area contributed by atoms with E-state index in [-0.39, 0.29) is 5.92 Å². The molecule has 5 heteroatoms. The van der Waals surface area contributed by atoms with Gasteiger partial charge in [-0.3, -0.25) is 4.79 Å². The molecular formula is C21H33N3O2. The van der Waals surface area contributed by atoms with Crippen LogP contribution in [-0.4, -0.2) is 61.1 Å². The zero-order valence-corrected chi connectivity index (χ0v) is 16.4. The van der Waals surface area contributed by atoms with Crippen molar-refractivity contribution < 1.29 is 9.53 Å². The highest BCUT2D eigenvalue weighted by Crippen LogP contribution is 2.24. The molecule has 0 unspecified atom stereocenters. The Labute approximate surface area is 157 Å².